The van der Waals surface area contributed by atoms with Crippen LogP contribution in [0.2, 0.25) is 0 Å². The van der Waals surface area contributed by atoms with Gasteiger partial charge in [-0.3, -0.25) is 4.98 Å². The van der Waals surface area contributed by atoms with Gasteiger partial charge < -0.3 is 5.32 Å². The summed E-state index contributed by atoms with van der Waals surface area (Å²) in [5, 5.41) is 3.38. The molecule has 0 saturated heterocycles. The maximum Gasteiger partial charge on any atom is 0.0544 e. The molecule has 1 heterocycles. The van der Waals surface area contributed by atoms with Crippen LogP contribution in [0.4, 0.5) is 0 Å². The Kier molecular flexibility index (Phi) is 5.64. The molecule has 0 unspecified atom stereocenters. The highest BCUT2D eigenvalue weighted by atomic mass is 32.2. The van der Waals surface area contributed by atoms with Gasteiger partial charge in [0.2, 0.25) is 0 Å². The van der Waals surface area contributed by atoms with Crippen molar-refractivity contribution in [2.24, 2.45) is 0 Å². The summed E-state index contributed by atoms with van der Waals surface area (Å²) in [6, 6.07) is 6.14. The van der Waals surface area contributed by atoms with Crippen molar-refractivity contribution in [3.63, 3.8) is 0 Å². The van der Waals surface area contributed by atoms with Gasteiger partial charge in [-0.15, -0.1) is 0 Å². The third-order valence-electron chi connectivity index (χ3n) is 1.88. The Morgan fingerprint density at radius 1 is 1.43 bits per heavy atom. The molecule has 78 valence electrons. The first-order valence-corrected chi connectivity index (χ1v) is 6.19. The van der Waals surface area contributed by atoms with Crippen LogP contribution in [0.25, 0.3) is 0 Å². The van der Waals surface area contributed by atoms with Gasteiger partial charge in [-0.1, -0.05) is 13.0 Å². The van der Waals surface area contributed by atoms with Gasteiger partial charge >= 0.3 is 0 Å². The monoisotopic (exact) mass is 210 g/mol. The second kappa shape index (κ2) is 6.85. The van der Waals surface area contributed by atoms with E-state index in [2.05, 4.69) is 29.4 Å². The zero-order valence-electron chi connectivity index (χ0n) is 8.92. The van der Waals surface area contributed by atoms with Crippen LogP contribution in [0, 0.1) is 6.92 Å². The van der Waals surface area contributed by atoms with Crippen molar-refractivity contribution in [3.8, 4) is 0 Å². The van der Waals surface area contributed by atoms with Crippen molar-refractivity contribution < 1.29 is 0 Å². The summed E-state index contributed by atoms with van der Waals surface area (Å²) < 4.78 is 0. The topological polar surface area (TPSA) is 24.9 Å². The summed E-state index contributed by atoms with van der Waals surface area (Å²) in [6.07, 6.45) is 0. The zero-order valence-corrected chi connectivity index (χ0v) is 9.73. The van der Waals surface area contributed by atoms with Crippen molar-refractivity contribution in [2.45, 2.75) is 20.4 Å². The number of hydrogen-bond acceptors (Lipinski definition) is 3. The number of thioether (sulfide) groups is 1. The van der Waals surface area contributed by atoms with E-state index in [0.29, 0.717) is 0 Å². The van der Waals surface area contributed by atoms with Gasteiger partial charge in [0.05, 0.1) is 5.69 Å². The molecule has 0 saturated carbocycles. The van der Waals surface area contributed by atoms with Crippen LogP contribution in [-0.4, -0.2) is 23.0 Å². The molecular weight excluding hydrogens is 192 g/mol. The predicted molar refractivity (Wildman–Crippen MR) is 63.7 cm³/mol. The number of aromatic nitrogens is 1. The highest BCUT2D eigenvalue weighted by Crippen LogP contribution is 1.98. The first-order chi connectivity index (χ1) is 6.83. The minimum Gasteiger partial charge on any atom is -0.310 e. The third-order valence-corrected chi connectivity index (χ3v) is 2.78. The molecule has 1 N–H and O–H groups in total. The van der Waals surface area contributed by atoms with E-state index in [9.17, 15) is 0 Å². The average molecular weight is 210 g/mol. The Hall–Kier alpha value is -0.540. The number of pyridine rings is 1. The van der Waals surface area contributed by atoms with Crippen LogP contribution in [0.3, 0.4) is 0 Å². The van der Waals surface area contributed by atoms with Crippen LogP contribution in [-0.2, 0) is 6.54 Å². The Morgan fingerprint density at radius 2 is 2.29 bits per heavy atom. The van der Waals surface area contributed by atoms with Crippen LogP contribution < -0.4 is 5.32 Å². The van der Waals surface area contributed by atoms with Crippen LogP contribution >= 0.6 is 11.8 Å². The largest absolute Gasteiger partial charge is 0.310 e. The van der Waals surface area contributed by atoms with Gasteiger partial charge in [0.1, 0.15) is 0 Å². The molecule has 0 atom stereocenters. The van der Waals surface area contributed by atoms with Gasteiger partial charge in [0.25, 0.3) is 0 Å². The minimum absolute atomic E-state index is 0.881. The molecule has 0 bridgehead atoms. The van der Waals surface area contributed by atoms with E-state index < -0.39 is 0 Å². The van der Waals surface area contributed by atoms with Crippen molar-refractivity contribution in [2.75, 3.05) is 18.1 Å². The van der Waals surface area contributed by atoms with E-state index in [1.54, 1.807) is 0 Å². The van der Waals surface area contributed by atoms with E-state index in [-0.39, 0.29) is 0 Å². The standard InChI is InChI=1S/C11H18N2S/c1-3-14-8-7-12-9-11-6-4-5-10(2)13-11/h4-6,12H,3,7-9H2,1-2H3. The summed E-state index contributed by atoms with van der Waals surface area (Å²) in [5.41, 5.74) is 2.22. The molecule has 1 aromatic rings. The number of nitrogens with one attached hydrogen (secondary N) is 1. The van der Waals surface area contributed by atoms with Crippen molar-refractivity contribution >= 4 is 11.8 Å². The fourth-order valence-electron chi connectivity index (χ4n) is 1.20. The first kappa shape index (κ1) is 11.5. The predicted octanol–water partition coefficient (Wildman–Crippen LogP) is 2.23. The molecule has 0 radical (unpaired) electrons. The lowest BCUT2D eigenvalue weighted by atomic mass is 10.3. The van der Waals surface area contributed by atoms with E-state index in [1.807, 2.05) is 24.8 Å². The van der Waals surface area contributed by atoms with Gasteiger partial charge in [0, 0.05) is 24.5 Å². The second-order valence-corrected chi connectivity index (χ2v) is 4.54. The number of aryl methyl sites for hydroxylation is 1. The van der Waals surface area contributed by atoms with Crippen LogP contribution in [0.5, 0.6) is 0 Å². The van der Waals surface area contributed by atoms with E-state index in [0.717, 1.165) is 24.5 Å². The fourth-order valence-corrected chi connectivity index (χ4v) is 1.78. The molecule has 0 amide bonds. The van der Waals surface area contributed by atoms with Crippen molar-refractivity contribution in [1.82, 2.24) is 10.3 Å². The third kappa shape index (κ3) is 4.63. The van der Waals surface area contributed by atoms with Crippen LogP contribution in [0.1, 0.15) is 18.3 Å². The molecule has 0 spiro atoms. The number of rotatable bonds is 6. The first-order valence-electron chi connectivity index (χ1n) is 5.04. The normalized spacial score (nSPS) is 10.4. The molecule has 2 nitrogen and oxygen atoms in total. The number of nitrogens with zero attached hydrogens (tertiary/aromatic N) is 1. The van der Waals surface area contributed by atoms with Gasteiger partial charge in [-0.05, 0) is 24.8 Å². The molecule has 0 fully saturated rings. The summed E-state index contributed by atoms with van der Waals surface area (Å²) in [7, 11) is 0. The molecule has 14 heavy (non-hydrogen) atoms. The average Bonchev–Trinajstić information content (AvgIpc) is 2.18. The number of hydrogen-bond donors (Lipinski definition) is 1. The molecule has 1 rings (SSSR count). The summed E-state index contributed by atoms with van der Waals surface area (Å²) in [4.78, 5) is 4.42. The Balaban J connectivity index is 2.18. The molecular formula is C11H18N2S. The van der Waals surface area contributed by atoms with E-state index >= 15 is 0 Å². The van der Waals surface area contributed by atoms with Crippen LogP contribution in [0.15, 0.2) is 18.2 Å². The summed E-state index contributed by atoms with van der Waals surface area (Å²) >= 11 is 1.96. The molecule has 0 aliphatic heterocycles. The van der Waals surface area contributed by atoms with Crippen molar-refractivity contribution in [1.29, 1.82) is 0 Å². The highest BCUT2D eigenvalue weighted by molar-refractivity contribution is 7.99. The quantitative estimate of drug-likeness (QED) is 0.729. The molecule has 0 aromatic carbocycles. The Bertz CT molecular complexity index is 263. The lowest BCUT2D eigenvalue weighted by molar-refractivity contribution is 0.713. The smallest absolute Gasteiger partial charge is 0.0544 e. The SMILES string of the molecule is CCSCCNCc1cccc(C)n1. The molecule has 3 heteroatoms. The van der Waals surface area contributed by atoms with Gasteiger partial charge in [-0.25, -0.2) is 0 Å². The maximum atomic E-state index is 4.42. The summed E-state index contributed by atoms with van der Waals surface area (Å²) in [6.45, 7) is 6.16. The summed E-state index contributed by atoms with van der Waals surface area (Å²) in [5.74, 6) is 2.38. The van der Waals surface area contributed by atoms with Gasteiger partial charge in [-0.2, -0.15) is 11.8 Å². The zero-order chi connectivity index (χ0) is 10.2. The minimum atomic E-state index is 0.881. The fraction of sp³-hybridized carbons (Fsp3) is 0.545. The van der Waals surface area contributed by atoms with E-state index in [4.69, 9.17) is 0 Å². The van der Waals surface area contributed by atoms with Gasteiger partial charge in [0.15, 0.2) is 0 Å². The lowest BCUT2D eigenvalue weighted by Gasteiger charge is -2.04. The molecule has 0 aliphatic rings. The lowest BCUT2D eigenvalue weighted by Crippen LogP contribution is -2.17. The highest BCUT2D eigenvalue weighted by Gasteiger charge is 1.93. The molecule has 1 aromatic heterocycles. The van der Waals surface area contributed by atoms with E-state index in [1.165, 1.54) is 11.5 Å². The molecule has 0 aliphatic carbocycles. The second-order valence-electron chi connectivity index (χ2n) is 3.14. The van der Waals surface area contributed by atoms with Crippen molar-refractivity contribution in [3.05, 3.63) is 29.6 Å². The maximum absolute atomic E-state index is 4.42. The Morgan fingerprint density at radius 3 is 3.00 bits per heavy atom. The Labute approximate surface area is 90.5 Å².